The van der Waals surface area contributed by atoms with Crippen LogP contribution < -0.4 is 0 Å². The first-order valence-electron chi connectivity index (χ1n) is 6.61. The summed E-state index contributed by atoms with van der Waals surface area (Å²) in [7, 11) is 0. The summed E-state index contributed by atoms with van der Waals surface area (Å²) < 4.78 is 0. The Labute approximate surface area is 101 Å². The van der Waals surface area contributed by atoms with Gasteiger partial charge in [0.1, 0.15) is 0 Å². The minimum Gasteiger partial charge on any atom is -0.393 e. The van der Waals surface area contributed by atoms with Crippen molar-refractivity contribution in [3.8, 4) is 0 Å². The van der Waals surface area contributed by atoms with Gasteiger partial charge >= 0.3 is 0 Å². The molecule has 16 heavy (non-hydrogen) atoms. The number of aliphatic hydroxyl groups excluding tert-OH is 1. The van der Waals surface area contributed by atoms with Crippen LogP contribution in [0.15, 0.2) is 24.3 Å². The molecule has 0 aromatic rings. The quantitative estimate of drug-likeness (QED) is 0.452. The lowest BCUT2D eigenvalue weighted by Crippen LogP contribution is -2.10. The zero-order chi connectivity index (χ0) is 12.4. The second kappa shape index (κ2) is 9.65. The normalized spacial score (nSPS) is 14.2. The standard InChI is InChI=1S/C15H28O/c1-5-7-8-9-11-15(16)12-14(10-6-2)13(3)4/h6,10,13,15-16H,2,5,7-9,11-12H2,1,3-4H3/b14-10-/t15-/m1/s1. The molecular formula is C15H28O. The lowest BCUT2D eigenvalue weighted by atomic mass is 9.94. The van der Waals surface area contributed by atoms with Crippen molar-refractivity contribution in [2.45, 2.75) is 65.4 Å². The molecule has 94 valence electrons. The fourth-order valence-electron chi connectivity index (χ4n) is 1.83. The summed E-state index contributed by atoms with van der Waals surface area (Å²) in [5, 5.41) is 9.92. The fraction of sp³-hybridized carbons (Fsp3) is 0.733. The summed E-state index contributed by atoms with van der Waals surface area (Å²) in [5.74, 6) is 0.503. The number of allylic oxidation sites excluding steroid dienone is 2. The SMILES string of the molecule is C=C/C=C(/C[C@H](O)CCCCCC)C(C)C. The molecule has 0 heterocycles. The monoisotopic (exact) mass is 224 g/mol. The van der Waals surface area contributed by atoms with Crippen LogP contribution in [0.2, 0.25) is 0 Å². The third kappa shape index (κ3) is 7.70. The third-order valence-electron chi connectivity index (χ3n) is 2.94. The minimum atomic E-state index is -0.176. The van der Waals surface area contributed by atoms with Crippen molar-refractivity contribution >= 4 is 0 Å². The van der Waals surface area contributed by atoms with E-state index in [4.69, 9.17) is 0 Å². The molecule has 0 aliphatic carbocycles. The van der Waals surface area contributed by atoms with E-state index in [-0.39, 0.29) is 6.10 Å². The molecule has 1 heteroatoms. The molecule has 0 spiro atoms. The Morgan fingerprint density at radius 3 is 2.44 bits per heavy atom. The Kier molecular flexibility index (Phi) is 9.31. The number of hydrogen-bond donors (Lipinski definition) is 1. The van der Waals surface area contributed by atoms with Gasteiger partial charge in [-0.3, -0.25) is 0 Å². The minimum absolute atomic E-state index is 0.176. The van der Waals surface area contributed by atoms with Gasteiger partial charge in [0.2, 0.25) is 0 Å². The van der Waals surface area contributed by atoms with E-state index in [0.29, 0.717) is 5.92 Å². The van der Waals surface area contributed by atoms with Crippen LogP contribution in [0.5, 0.6) is 0 Å². The van der Waals surface area contributed by atoms with Crippen LogP contribution in [0, 0.1) is 5.92 Å². The lowest BCUT2D eigenvalue weighted by Gasteiger charge is -2.15. The highest BCUT2D eigenvalue weighted by Gasteiger charge is 2.09. The maximum Gasteiger partial charge on any atom is 0.0577 e. The van der Waals surface area contributed by atoms with Gasteiger partial charge in [0.15, 0.2) is 0 Å². The van der Waals surface area contributed by atoms with Gasteiger partial charge < -0.3 is 5.11 Å². The van der Waals surface area contributed by atoms with E-state index in [1.165, 1.54) is 24.8 Å². The molecule has 0 saturated heterocycles. The van der Waals surface area contributed by atoms with E-state index in [9.17, 15) is 5.11 Å². The van der Waals surface area contributed by atoms with Gasteiger partial charge in [-0.05, 0) is 18.8 Å². The maximum absolute atomic E-state index is 9.92. The Morgan fingerprint density at radius 2 is 1.94 bits per heavy atom. The van der Waals surface area contributed by atoms with Gasteiger partial charge in [0.25, 0.3) is 0 Å². The molecular weight excluding hydrogens is 196 g/mol. The van der Waals surface area contributed by atoms with Crippen molar-refractivity contribution in [3.63, 3.8) is 0 Å². The van der Waals surface area contributed by atoms with Crippen molar-refractivity contribution in [2.75, 3.05) is 0 Å². The Balaban J connectivity index is 3.87. The predicted molar refractivity (Wildman–Crippen MR) is 72.5 cm³/mol. The molecule has 0 aliphatic rings. The van der Waals surface area contributed by atoms with E-state index in [0.717, 1.165) is 19.3 Å². The van der Waals surface area contributed by atoms with Crippen LogP contribution in [-0.2, 0) is 0 Å². The number of hydrogen-bond acceptors (Lipinski definition) is 1. The third-order valence-corrected chi connectivity index (χ3v) is 2.94. The summed E-state index contributed by atoms with van der Waals surface area (Å²) in [6.45, 7) is 10.3. The molecule has 0 fully saturated rings. The largest absolute Gasteiger partial charge is 0.393 e. The highest BCUT2D eigenvalue weighted by atomic mass is 16.3. The van der Waals surface area contributed by atoms with Crippen molar-refractivity contribution in [2.24, 2.45) is 5.92 Å². The molecule has 0 aliphatic heterocycles. The summed E-state index contributed by atoms with van der Waals surface area (Å²) in [4.78, 5) is 0. The molecule has 0 unspecified atom stereocenters. The van der Waals surface area contributed by atoms with Crippen molar-refractivity contribution in [1.82, 2.24) is 0 Å². The van der Waals surface area contributed by atoms with Crippen molar-refractivity contribution in [1.29, 1.82) is 0 Å². The van der Waals surface area contributed by atoms with E-state index >= 15 is 0 Å². The second-order valence-corrected chi connectivity index (χ2v) is 4.84. The van der Waals surface area contributed by atoms with Crippen LogP contribution in [0.3, 0.4) is 0 Å². The van der Waals surface area contributed by atoms with Gasteiger partial charge in [0, 0.05) is 0 Å². The average molecular weight is 224 g/mol. The van der Waals surface area contributed by atoms with Crippen LogP contribution in [-0.4, -0.2) is 11.2 Å². The van der Waals surface area contributed by atoms with Gasteiger partial charge in [0.05, 0.1) is 6.10 Å². The molecule has 0 amide bonds. The van der Waals surface area contributed by atoms with Gasteiger partial charge in [-0.1, -0.05) is 70.8 Å². The van der Waals surface area contributed by atoms with E-state index in [1.54, 1.807) is 0 Å². The summed E-state index contributed by atoms with van der Waals surface area (Å²) in [6, 6.07) is 0. The highest BCUT2D eigenvalue weighted by molar-refractivity contribution is 5.13. The molecule has 0 aromatic carbocycles. The molecule has 0 saturated carbocycles. The molecule has 0 rings (SSSR count). The first kappa shape index (κ1) is 15.4. The number of aliphatic hydroxyl groups is 1. The summed E-state index contributed by atoms with van der Waals surface area (Å²) in [6.07, 6.45) is 10.3. The van der Waals surface area contributed by atoms with Crippen LogP contribution in [0.1, 0.15) is 59.3 Å². The average Bonchev–Trinajstić information content (AvgIpc) is 2.23. The highest BCUT2D eigenvalue weighted by Crippen LogP contribution is 2.19. The zero-order valence-corrected chi connectivity index (χ0v) is 11.2. The molecule has 0 aromatic heterocycles. The van der Waals surface area contributed by atoms with Crippen LogP contribution in [0.4, 0.5) is 0 Å². The second-order valence-electron chi connectivity index (χ2n) is 4.84. The molecule has 1 nitrogen and oxygen atoms in total. The van der Waals surface area contributed by atoms with E-state index in [1.807, 2.05) is 12.2 Å². The van der Waals surface area contributed by atoms with E-state index < -0.39 is 0 Å². The smallest absolute Gasteiger partial charge is 0.0577 e. The molecule has 1 N–H and O–H groups in total. The van der Waals surface area contributed by atoms with Crippen molar-refractivity contribution < 1.29 is 5.11 Å². The Bertz CT molecular complexity index is 203. The molecule has 0 bridgehead atoms. The van der Waals surface area contributed by atoms with Gasteiger partial charge in [-0.25, -0.2) is 0 Å². The number of rotatable bonds is 9. The molecule has 0 radical (unpaired) electrons. The lowest BCUT2D eigenvalue weighted by molar-refractivity contribution is 0.158. The van der Waals surface area contributed by atoms with Gasteiger partial charge in [-0.2, -0.15) is 0 Å². The van der Waals surface area contributed by atoms with Crippen molar-refractivity contribution in [3.05, 3.63) is 24.3 Å². The Morgan fingerprint density at radius 1 is 1.25 bits per heavy atom. The fourth-order valence-corrected chi connectivity index (χ4v) is 1.83. The first-order valence-corrected chi connectivity index (χ1v) is 6.61. The van der Waals surface area contributed by atoms with Crippen LogP contribution >= 0.6 is 0 Å². The molecule has 1 atom stereocenters. The Hall–Kier alpha value is -0.560. The van der Waals surface area contributed by atoms with Gasteiger partial charge in [-0.15, -0.1) is 0 Å². The zero-order valence-electron chi connectivity index (χ0n) is 11.2. The predicted octanol–water partition coefficient (Wildman–Crippen LogP) is 4.48. The van der Waals surface area contributed by atoms with E-state index in [2.05, 4.69) is 27.4 Å². The topological polar surface area (TPSA) is 20.2 Å². The van der Waals surface area contributed by atoms with Crippen LogP contribution in [0.25, 0.3) is 0 Å². The number of unbranched alkanes of at least 4 members (excludes halogenated alkanes) is 3. The summed E-state index contributed by atoms with van der Waals surface area (Å²) >= 11 is 0. The first-order chi connectivity index (χ1) is 7.61. The summed E-state index contributed by atoms with van der Waals surface area (Å²) in [5.41, 5.74) is 1.30. The maximum atomic E-state index is 9.92.